The standard InChI is InChI=1S/C14H26N2O3/c1-5-6-14(12(17)18)7-9-16(10-8-14)13(19)15(4)11(2)3/h11H,5-10H2,1-4H3,(H,17,18). The third-order valence-corrected chi connectivity index (χ3v) is 4.25. The molecule has 110 valence electrons. The van der Waals surface area contributed by atoms with E-state index in [1.54, 1.807) is 16.8 Å². The van der Waals surface area contributed by atoms with Crippen LogP contribution in [0.15, 0.2) is 0 Å². The SMILES string of the molecule is CCCC1(C(=O)O)CCN(C(=O)N(C)C(C)C)CC1. The van der Waals surface area contributed by atoms with E-state index in [0.717, 1.165) is 6.42 Å². The first-order chi connectivity index (χ1) is 8.84. The first-order valence-corrected chi connectivity index (χ1v) is 7.09. The minimum Gasteiger partial charge on any atom is -0.481 e. The molecule has 2 amide bonds. The Morgan fingerprint density at radius 1 is 1.32 bits per heavy atom. The second-order valence-corrected chi connectivity index (χ2v) is 5.81. The summed E-state index contributed by atoms with van der Waals surface area (Å²) in [5.41, 5.74) is -0.623. The van der Waals surface area contributed by atoms with Crippen molar-refractivity contribution in [1.82, 2.24) is 9.80 Å². The topological polar surface area (TPSA) is 60.9 Å². The molecule has 0 aromatic heterocycles. The molecular weight excluding hydrogens is 244 g/mol. The lowest BCUT2D eigenvalue weighted by molar-refractivity contribution is -0.152. The zero-order valence-electron chi connectivity index (χ0n) is 12.5. The molecule has 1 rings (SSSR count). The number of carboxylic acids is 1. The Balaban J connectivity index is 2.66. The van der Waals surface area contributed by atoms with Crippen molar-refractivity contribution in [1.29, 1.82) is 0 Å². The van der Waals surface area contributed by atoms with Crippen LogP contribution >= 0.6 is 0 Å². The molecular formula is C14H26N2O3. The van der Waals surface area contributed by atoms with Crippen LogP contribution in [0.2, 0.25) is 0 Å². The predicted molar refractivity (Wildman–Crippen MR) is 74.1 cm³/mol. The largest absolute Gasteiger partial charge is 0.481 e. The number of nitrogens with zero attached hydrogens (tertiary/aromatic N) is 2. The van der Waals surface area contributed by atoms with E-state index in [2.05, 4.69) is 0 Å². The summed E-state index contributed by atoms with van der Waals surface area (Å²) < 4.78 is 0. The summed E-state index contributed by atoms with van der Waals surface area (Å²) in [6.45, 7) is 7.04. The maximum atomic E-state index is 12.2. The van der Waals surface area contributed by atoms with Crippen LogP contribution in [0.25, 0.3) is 0 Å². The molecule has 0 aromatic rings. The molecule has 0 spiro atoms. The number of carbonyl (C=O) groups excluding carboxylic acids is 1. The molecule has 0 unspecified atom stereocenters. The van der Waals surface area contributed by atoms with E-state index in [9.17, 15) is 14.7 Å². The normalized spacial score (nSPS) is 18.5. The van der Waals surface area contributed by atoms with Gasteiger partial charge in [-0.3, -0.25) is 4.79 Å². The van der Waals surface area contributed by atoms with Gasteiger partial charge in [0.1, 0.15) is 0 Å². The van der Waals surface area contributed by atoms with Crippen LogP contribution in [0, 0.1) is 5.41 Å². The van der Waals surface area contributed by atoms with Crippen LogP contribution < -0.4 is 0 Å². The van der Waals surface area contributed by atoms with Crippen molar-refractivity contribution >= 4 is 12.0 Å². The van der Waals surface area contributed by atoms with E-state index in [-0.39, 0.29) is 12.1 Å². The van der Waals surface area contributed by atoms with Crippen LogP contribution in [0.4, 0.5) is 4.79 Å². The van der Waals surface area contributed by atoms with Crippen molar-refractivity contribution in [2.75, 3.05) is 20.1 Å². The fourth-order valence-electron chi connectivity index (χ4n) is 2.62. The molecule has 1 heterocycles. The smallest absolute Gasteiger partial charge is 0.319 e. The molecule has 0 atom stereocenters. The zero-order chi connectivity index (χ0) is 14.6. The molecule has 1 saturated heterocycles. The van der Waals surface area contributed by atoms with Crippen LogP contribution in [0.1, 0.15) is 46.5 Å². The summed E-state index contributed by atoms with van der Waals surface area (Å²) in [6, 6.07) is 0.166. The number of urea groups is 1. The Labute approximate surface area is 115 Å². The number of carbonyl (C=O) groups is 2. The number of likely N-dealkylation sites (tertiary alicyclic amines) is 1. The molecule has 0 saturated carbocycles. The van der Waals surface area contributed by atoms with Gasteiger partial charge in [0.05, 0.1) is 5.41 Å². The average molecular weight is 270 g/mol. The number of amides is 2. The summed E-state index contributed by atoms with van der Waals surface area (Å²) in [6.07, 6.45) is 2.69. The van der Waals surface area contributed by atoms with Crippen molar-refractivity contribution in [2.24, 2.45) is 5.41 Å². The quantitative estimate of drug-likeness (QED) is 0.853. The van der Waals surface area contributed by atoms with E-state index in [1.807, 2.05) is 20.8 Å². The van der Waals surface area contributed by atoms with Gasteiger partial charge in [-0.2, -0.15) is 0 Å². The maximum Gasteiger partial charge on any atom is 0.319 e. The number of hydrogen-bond acceptors (Lipinski definition) is 2. The van der Waals surface area contributed by atoms with Gasteiger partial charge in [0, 0.05) is 26.2 Å². The van der Waals surface area contributed by atoms with Gasteiger partial charge in [-0.1, -0.05) is 13.3 Å². The first-order valence-electron chi connectivity index (χ1n) is 7.09. The number of carboxylic acid groups (broad SMARTS) is 1. The Kier molecular flexibility index (Phi) is 5.20. The van der Waals surface area contributed by atoms with Gasteiger partial charge in [0.15, 0.2) is 0 Å². The third kappa shape index (κ3) is 3.39. The van der Waals surface area contributed by atoms with Crippen molar-refractivity contribution in [3.8, 4) is 0 Å². The lowest BCUT2D eigenvalue weighted by atomic mass is 9.75. The second-order valence-electron chi connectivity index (χ2n) is 5.81. The number of piperidine rings is 1. The molecule has 0 bridgehead atoms. The van der Waals surface area contributed by atoms with Gasteiger partial charge in [0.25, 0.3) is 0 Å². The highest BCUT2D eigenvalue weighted by Gasteiger charge is 2.41. The van der Waals surface area contributed by atoms with Gasteiger partial charge >= 0.3 is 12.0 Å². The van der Waals surface area contributed by atoms with Crippen LogP contribution in [-0.2, 0) is 4.79 Å². The zero-order valence-corrected chi connectivity index (χ0v) is 12.5. The third-order valence-electron chi connectivity index (χ3n) is 4.25. The van der Waals surface area contributed by atoms with E-state index in [1.165, 1.54) is 0 Å². The summed E-state index contributed by atoms with van der Waals surface area (Å²) in [5, 5.41) is 9.43. The predicted octanol–water partition coefficient (Wildman–Crippen LogP) is 2.41. The van der Waals surface area contributed by atoms with Crippen molar-refractivity contribution in [3.63, 3.8) is 0 Å². The van der Waals surface area contributed by atoms with Crippen molar-refractivity contribution in [2.45, 2.75) is 52.5 Å². The number of rotatable bonds is 4. The summed E-state index contributed by atoms with van der Waals surface area (Å²) in [5.74, 6) is -0.710. The fraction of sp³-hybridized carbons (Fsp3) is 0.857. The molecule has 19 heavy (non-hydrogen) atoms. The molecule has 1 N–H and O–H groups in total. The summed E-state index contributed by atoms with van der Waals surface area (Å²) >= 11 is 0. The fourth-order valence-corrected chi connectivity index (χ4v) is 2.62. The lowest BCUT2D eigenvalue weighted by Gasteiger charge is -2.40. The second kappa shape index (κ2) is 6.26. The first kappa shape index (κ1) is 15.8. The molecule has 1 fully saturated rings. The number of hydrogen-bond donors (Lipinski definition) is 1. The van der Waals surface area contributed by atoms with Crippen molar-refractivity contribution < 1.29 is 14.7 Å². The van der Waals surface area contributed by atoms with Gasteiger partial charge in [-0.25, -0.2) is 4.79 Å². The summed E-state index contributed by atoms with van der Waals surface area (Å²) in [4.78, 5) is 27.1. The average Bonchev–Trinajstić information content (AvgIpc) is 2.37. The van der Waals surface area contributed by atoms with Crippen LogP contribution in [0.3, 0.4) is 0 Å². The van der Waals surface area contributed by atoms with Gasteiger partial charge < -0.3 is 14.9 Å². The molecule has 1 aliphatic rings. The van der Waals surface area contributed by atoms with Gasteiger partial charge in [-0.15, -0.1) is 0 Å². The number of aliphatic carboxylic acids is 1. The monoisotopic (exact) mass is 270 g/mol. The van der Waals surface area contributed by atoms with E-state index in [0.29, 0.717) is 32.4 Å². The Morgan fingerprint density at radius 3 is 2.21 bits per heavy atom. The molecule has 5 nitrogen and oxygen atoms in total. The van der Waals surface area contributed by atoms with E-state index < -0.39 is 11.4 Å². The maximum absolute atomic E-state index is 12.2. The minimum absolute atomic E-state index is 0.00508. The molecule has 0 aliphatic carbocycles. The molecule has 0 radical (unpaired) electrons. The van der Waals surface area contributed by atoms with Crippen LogP contribution in [-0.4, -0.2) is 53.1 Å². The highest BCUT2D eigenvalue weighted by molar-refractivity contribution is 5.77. The van der Waals surface area contributed by atoms with Gasteiger partial charge in [0.2, 0.25) is 0 Å². The highest BCUT2D eigenvalue weighted by atomic mass is 16.4. The minimum atomic E-state index is -0.710. The van der Waals surface area contributed by atoms with E-state index >= 15 is 0 Å². The lowest BCUT2D eigenvalue weighted by Crippen LogP contribution is -2.51. The Morgan fingerprint density at radius 2 is 1.84 bits per heavy atom. The molecule has 0 aromatic carbocycles. The Hall–Kier alpha value is -1.26. The molecule has 5 heteroatoms. The van der Waals surface area contributed by atoms with Crippen molar-refractivity contribution in [3.05, 3.63) is 0 Å². The van der Waals surface area contributed by atoms with Gasteiger partial charge in [-0.05, 0) is 33.1 Å². The Bertz CT molecular complexity index is 334. The molecule has 1 aliphatic heterocycles. The van der Waals surface area contributed by atoms with E-state index in [4.69, 9.17) is 0 Å². The van der Waals surface area contributed by atoms with Crippen LogP contribution in [0.5, 0.6) is 0 Å². The summed E-state index contributed by atoms with van der Waals surface area (Å²) in [7, 11) is 1.79. The highest BCUT2D eigenvalue weighted by Crippen LogP contribution is 2.36.